The van der Waals surface area contributed by atoms with E-state index in [9.17, 15) is 14.4 Å². The van der Waals surface area contributed by atoms with Gasteiger partial charge in [0.05, 0.1) is 27.6 Å². The molecule has 1 aliphatic heterocycles. The van der Waals surface area contributed by atoms with Crippen LogP contribution in [-0.2, 0) is 4.79 Å². The Morgan fingerprint density at radius 1 is 1.00 bits per heavy atom. The molecule has 0 bridgehead atoms. The SMILES string of the molecule is COc1cc(C(=O)NNC(=O)C2CCN(C(=O)c3ccco3)CC2)cc(OC)c1OC. The number of nitrogens with zero attached hydrogens (tertiary/aromatic N) is 1. The van der Waals surface area contributed by atoms with Gasteiger partial charge in [-0.3, -0.25) is 25.2 Å². The molecule has 0 saturated carbocycles. The lowest BCUT2D eigenvalue weighted by Gasteiger charge is -2.30. The summed E-state index contributed by atoms with van der Waals surface area (Å²) in [4.78, 5) is 38.9. The first kappa shape index (κ1) is 22.0. The van der Waals surface area contributed by atoms with Crippen molar-refractivity contribution in [3.05, 3.63) is 41.9 Å². The van der Waals surface area contributed by atoms with E-state index in [2.05, 4.69) is 10.9 Å². The van der Waals surface area contributed by atoms with Crippen LogP contribution in [-0.4, -0.2) is 57.0 Å². The molecule has 2 aromatic rings. The molecule has 1 aromatic heterocycles. The number of ether oxygens (including phenoxy) is 3. The minimum atomic E-state index is -0.530. The van der Waals surface area contributed by atoms with Crippen LogP contribution in [0.25, 0.3) is 0 Å². The van der Waals surface area contributed by atoms with Crippen molar-refractivity contribution >= 4 is 17.7 Å². The van der Waals surface area contributed by atoms with E-state index in [1.807, 2.05) is 0 Å². The highest BCUT2D eigenvalue weighted by Gasteiger charge is 2.29. The molecule has 0 radical (unpaired) electrons. The largest absolute Gasteiger partial charge is 0.493 e. The summed E-state index contributed by atoms with van der Waals surface area (Å²) in [6, 6.07) is 6.24. The third kappa shape index (κ3) is 4.90. The molecule has 1 fully saturated rings. The maximum Gasteiger partial charge on any atom is 0.289 e. The van der Waals surface area contributed by atoms with Gasteiger partial charge >= 0.3 is 0 Å². The second kappa shape index (κ2) is 9.88. The third-order valence-electron chi connectivity index (χ3n) is 5.11. The molecule has 31 heavy (non-hydrogen) atoms. The molecule has 10 heteroatoms. The van der Waals surface area contributed by atoms with Crippen molar-refractivity contribution in [2.45, 2.75) is 12.8 Å². The van der Waals surface area contributed by atoms with E-state index in [0.29, 0.717) is 43.2 Å². The Labute approximate surface area is 179 Å². The van der Waals surface area contributed by atoms with Gasteiger partial charge in [-0.15, -0.1) is 0 Å². The Hall–Kier alpha value is -3.69. The Morgan fingerprint density at radius 3 is 2.16 bits per heavy atom. The van der Waals surface area contributed by atoms with E-state index < -0.39 is 5.91 Å². The number of hydrogen-bond donors (Lipinski definition) is 2. The molecule has 0 aliphatic carbocycles. The van der Waals surface area contributed by atoms with E-state index >= 15 is 0 Å². The van der Waals surface area contributed by atoms with Gasteiger partial charge in [0.1, 0.15) is 0 Å². The monoisotopic (exact) mass is 431 g/mol. The lowest BCUT2D eigenvalue weighted by molar-refractivity contribution is -0.127. The van der Waals surface area contributed by atoms with E-state index in [4.69, 9.17) is 18.6 Å². The fourth-order valence-corrected chi connectivity index (χ4v) is 3.41. The van der Waals surface area contributed by atoms with Gasteiger partial charge in [0.2, 0.25) is 11.7 Å². The number of furan rings is 1. The van der Waals surface area contributed by atoms with Crippen molar-refractivity contribution in [2.24, 2.45) is 5.92 Å². The van der Waals surface area contributed by atoms with Crippen molar-refractivity contribution in [1.82, 2.24) is 15.8 Å². The molecule has 2 N–H and O–H groups in total. The lowest BCUT2D eigenvalue weighted by atomic mass is 9.96. The Kier molecular flexibility index (Phi) is 7.01. The fourth-order valence-electron chi connectivity index (χ4n) is 3.41. The van der Waals surface area contributed by atoms with Crippen LogP contribution in [0.5, 0.6) is 17.2 Å². The van der Waals surface area contributed by atoms with Crippen molar-refractivity contribution in [3.63, 3.8) is 0 Å². The van der Waals surface area contributed by atoms with Crippen molar-refractivity contribution in [1.29, 1.82) is 0 Å². The highest BCUT2D eigenvalue weighted by Crippen LogP contribution is 2.38. The molecule has 2 heterocycles. The summed E-state index contributed by atoms with van der Waals surface area (Å²) in [6.45, 7) is 0.858. The average Bonchev–Trinajstić information content (AvgIpc) is 3.35. The number of amides is 3. The molecule has 1 aromatic carbocycles. The van der Waals surface area contributed by atoms with Crippen molar-refractivity contribution in [2.75, 3.05) is 34.4 Å². The van der Waals surface area contributed by atoms with E-state index in [-0.39, 0.29) is 29.1 Å². The summed E-state index contributed by atoms with van der Waals surface area (Å²) in [5.74, 6) is -0.0647. The summed E-state index contributed by atoms with van der Waals surface area (Å²) < 4.78 is 20.8. The van der Waals surface area contributed by atoms with Gasteiger partial charge in [0.25, 0.3) is 11.8 Å². The fraction of sp³-hybridized carbons (Fsp3) is 0.381. The zero-order chi connectivity index (χ0) is 22.4. The molecule has 3 rings (SSSR count). The highest BCUT2D eigenvalue weighted by molar-refractivity contribution is 5.97. The number of likely N-dealkylation sites (tertiary alicyclic amines) is 1. The Balaban J connectivity index is 1.54. The number of hydrazine groups is 1. The first-order valence-corrected chi connectivity index (χ1v) is 9.71. The van der Waals surface area contributed by atoms with Crippen molar-refractivity contribution < 1.29 is 33.0 Å². The van der Waals surface area contributed by atoms with Gasteiger partial charge < -0.3 is 23.5 Å². The van der Waals surface area contributed by atoms with Gasteiger partial charge in [-0.2, -0.15) is 0 Å². The maximum absolute atomic E-state index is 12.5. The quantitative estimate of drug-likeness (QED) is 0.667. The van der Waals surface area contributed by atoms with Crippen LogP contribution in [0.1, 0.15) is 33.8 Å². The molecule has 0 atom stereocenters. The standard InChI is InChI=1S/C21H25N3O7/c1-28-16-11-14(12-17(29-2)18(16)30-3)20(26)23-22-19(25)13-6-8-24(9-7-13)21(27)15-5-4-10-31-15/h4-5,10-13H,6-9H2,1-3H3,(H,22,25)(H,23,26). The predicted octanol–water partition coefficient (Wildman–Crippen LogP) is 1.62. The van der Waals surface area contributed by atoms with Gasteiger partial charge in [-0.1, -0.05) is 0 Å². The molecule has 0 spiro atoms. The van der Waals surface area contributed by atoms with Gasteiger partial charge in [-0.25, -0.2) is 0 Å². The summed E-state index contributed by atoms with van der Waals surface area (Å²) in [5.41, 5.74) is 5.09. The molecule has 0 unspecified atom stereocenters. The lowest BCUT2D eigenvalue weighted by Crippen LogP contribution is -2.48. The molecule has 1 aliphatic rings. The zero-order valence-electron chi connectivity index (χ0n) is 17.6. The van der Waals surface area contributed by atoms with E-state index in [0.717, 1.165) is 0 Å². The van der Waals surface area contributed by atoms with Crippen LogP contribution < -0.4 is 25.1 Å². The van der Waals surface area contributed by atoms with Crippen LogP contribution >= 0.6 is 0 Å². The van der Waals surface area contributed by atoms with Crippen LogP contribution in [0.15, 0.2) is 34.9 Å². The highest BCUT2D eigenvalue weighted by atomic mass is 16.5. The molecule has 3 amide bonds. The van der Waals surface area contributed by atoms with Gasteiger partial charge in [-0.05, 0) is 37.1 Å². The van der Waals surface area contributed by atoms with Crippen LogP contribution in [0.3, 0.4) is 0 Å². The van der Waals surface area contributed by atoms with Crippen molar-refractivity contribution in [3.8, 4) is 17.2 Å². The number of hydrogen-bond acceptors (Lipinski definition) is 7. The summed E-state index contributed by atoms with van der Waals surface area (Å²) >= 11 is 0. The summed E-state index contributed by atoms with van der Waals surface area (Å²) in [7, 11) is 4.36. The molecule has 1 saturated heterocycles. The number of carbonyl (C=O) groups is 3. The molecule has 10 nitrogen and oxygen atoms in total. The summed E-state index contributed by atoms with van der Waals surface area (Å²) in [5, 5.41) is 0. The minimum absolute atomic E-state index is 0.195. The predicted molar refractivity (Wildman–Crippen MR) is 109 cm³/mol. The van der Waals surface area contributed by atoms with Crippen LogP contribution in [0.4, 0.5) is 0 Å². The number of carbonyl (C=O) groups excluding carboxylic acids is 3. The molecular weight excluding hydrogens is 406 g/mol. The number of methoxy groups -OCH3 is 3. The minimum Gasteiger partial charge on any atom is -0.493 e. The molecular formula is C21H25N3O7. The normalized spacial score (nSPS) is 14.0. The second-order valence-electron chi connectivity index (χ2n) is 6.90. The van der Waals surface area contributed by atoms with Gasteiger partial charge in [0.15, 0.2) is 17.3 Å². The molecule has 166 valence electrons. The summed E-state index contributed by atoms with van der Waals surface area (Å²) in [6.07, 6.45) is 2.42. The topological polar surface area (TPSA) is 119 Å². The average molecular weight is 431 g/mol. The van der Waals surface area contributed by atoms with E-state index in [1.54, 1.807) is 17.0 Å². The van der Waals surface area contributed by atoms with Crippen LogP contribution in [0.2, 0.25) is 0 Å². The number of benzene rings is 1. The smallest absolute Gasteiger partial charge is 0.289 e. The number of rotatable bonds is 6. The third-order valence-corrected chi connectivity index (χ3v) is 5.11. The first-order chi connectivity index (χ1) is 15.0. The van der Waals surface area contributed by atoms with Gasteiger partial charge in [0, 0.05) is 24.6 Å². The zero-order valence-corrected chi connectivity index (χ0v) is 17.6. The number of piperidine rings is 1. The van der Waals surface area contributed by atoms with Crippen LogP contribution in [0, 0.1) is 5.92 Å². The van der Waals surface area contributed by atoms with E-state index in [1.165, 1.54) is 39.7 Å². The maximum atomic E-state index is 12.5. The Bertz CT molecular complexity index is 909. The second-order valence-corrected chi connectivity index (χ2v) is 6.90. The Morgan fingerprint density at radius 2 is 1.65 bits per heavy atom. The number of nitrogens with one attached hydrogen (secondary N) is 2. The first-order valence-electron chi connectivity index (χ1n) is 9.71.